The van der Waals surface area contributed by atoms with Crippen molar-refractivity contribution in [2.24, 2.45) is 0 Å². The molecule has 1 saturated heterocycles. The molecule has 0 spiro atoms. The van der Waals surface area contributed by atoms with Crippen molar-refractivity contribution in [1.29, 1.82) is 0 Å². The molecule has 1 heterocycles. The van der Waals surface area contributed by atoms with Crippen LogP contribution < -0.4 is 5.32 Å². The molecule has 0 bridgehead atoms. The molecular weight excluding hydrogens is 321 g/mol. The van der Waals surface area contributed by atoms with Gasteiger partial charge in [0, 0.05) is 38.6 Å². The molecule has 1 fully saturated rings. The van der Waals surface area contributed by atoms with Gasteiger partial charge in [0.25, 0.3) is 0 Å². The van der Waals surface area contributed by atoms with Crippen molar-refractivity contribution in [2.45, 2.75) is 39.2 Å². The fraction of sp³-hybridized carbons (Fsp3) is 0.579. The summed E-state index contributed by atoms with van der Waals surface area (Å²) in [5.41, 5.74) is 0.580. The van der Waals surface area contributed by atoms with Crippen molar-refractivity contribution in [3.05, 3.63) is 35.6 Å². The van der Waals surface area contributed by atoms with Crippen LogP contribution in [0.4, 0.5) is 4.39 Å². The van der Waals surface area contributed by atoms with Crippen LogP contribution in [0.15, 0.2) is 24.3 Å². The number of hydrogen-bond donors (Lipinski definition) is 1. The maximum absolute atomic E-state index is 13.6. The quantitative estimate of drug-likeness (QED) is 0.817. The molecule has 0 aliphatic carbocycles. The van der Waals surface area contributed by atoms with Crippen molar-refractivity contribution < 1.29 is 14.0 Å². The average Bonchev–Trinajstić information content (AvgIpc) is 2.61. The van der Waals surface area contributed by atoms with E-state index >= 15 is 0 Å². The molecule has 2 rings (SSSR count). The van der Waals surface area contributed by atoms with Crippen molar-refractivity contribution in [1.82, 2.24) is 15.1 Å². The molecule has 25 heavy (non-hydrogen) atoms. The fourth-order valence-corrected chi connectivity index (χ4v) is 2.88. The summed E-state index contributed by atoms with van der Waals surface area (Å²) in [5.74, 6) is -0.173. The van der Waals surface area contributed by atoms with E-state index in [-0.39, 0.29) is 23.7 Å². The second kappa shape index (κ2) is 9.51. The highest BCUT2D eigenvalue weighted by atomic mass is 19.1. The van der Waals surface area contributed by atoms with Gasteiger partial charge in [0.15, 0.2) is 0 Å². The molecule has 1 aliphatic rings. The number of carbonyl (C=O) groups is 2. The van der Waals surface area contributed by atoms with Crippen molar-refractivity contribution >= 4 is 11.8 Å². The Hall–Kier alpha value is -1.95. The van der Waals surface area contributed by atoms with Crippen LogP contribution in [0, 0.1) is 5.82 Å². The van der Waals surface area contributed by atoms with E-state index in [4.69, 9.17) is 0 Å². The number of nitrogens with one attached hydrogen (secondary N) is 1. The van der Waals surface area contributed by atoms with E-state index in [1.165, 1.54) is 6.07 Å². The van der Waals surface area contributed by atoms with Gasteiger partial charge < -0.3 is 10.2 Å². The Kier molecular flexibility index (Phi) is 7.37. The molecule has 1 atom stereocenters. The van der Waals surface area contributed by atoms with Gasteiger partial charge >= 0.3 is 0 Å². The number of amides is 2. The molecule has 2 amide bonds. The predicted molar refractivity (Wildman–Crippen MR) is 95.6 cm³/mol. The van der Waals surface area contributed by atoms with Gasteiger partial charge in [-0.15, -0.1) is 0 Å². The Labute approximate surface area is 149 Å². The van der Waals surface area contributed by atoms with Gasteiger partial charge in [-0.05, 0) is 31.4 Å². The minimum Gasteiger partial charge on any atom is -0.353 e. The van der Waals surface area contributed by atoms with Crippen LogP contribution in [-0.2, 0) is 16.0 Å². The Morgan fingerprint density at radius 3 is 2.52 bits per heavy atom. The Morgan fingerprint density at radius 1 is 1.20 bits per heavy atom. The summed E-state index contributed by atoms with van der Waals surface area (Å²) in [6.45, 7) is 7.03. The van der Waals surface area contributed by atoms with E-state index in [0.29, 0.717) is 51.1 Å². The lowest BCUT2D eigenvalue weighted by Crippen LogP contribution is -2.51. The lowest BCUT2D eigenvalue weighted by Gasteiger charge is -2.34. The molecule has 0 radical (unpaired) electrons. The van der Waals surface area contributed by atoms with Gasteiger partial charge in [-0.1, -0.05) is 25.1 Å². The van der Waals surface area contributed by atoms with E-state index in [2.05, 4.69) is 10.2 Å². The minimum absolute atomic E-state index is 0.0358. The Morgan fingerprint density at radius 2 is 1.88 bits per heavy atom. The Bertz CT molecular complexity index is 586. The largest absolute Gasteiger partial charge is 0.353 e. The van der Waals surface area contributed by atoms with E-state index in [1.54, 1.807) is 18.2 Å². The molecule has 1 unspecified atom stereocenters. The summed E-state index contributed by atoms with van der Waals surface area (Å²) in [4.78, 5) is 28.1. The summed E-state index contributed by atoms with van der Waals surface area (Å²) in [6, 6.07) is 6.76. The first-order valence-electron chi connectivity index (χ1n) is 9.02. The maximum atomic E-state index is 13.6. The lowest BCUT2D eigenvalue weighted by atomic mass is 10.1. The first-order valence-corrected chi connectivity index (χ1v) is 9.02. The number of aryl methyl sites for hydroxylation is 1. The topological polar surface area (TPSA) is 52.7 Å². The third-order valence-electron chi connectivity index (χ3n) is 4.68. The van der Waals surface area contributed by atoms with Gasteiger partial charge in [-0.3, -0.25) is 14.5 Å². The molecule has 1 aromatic carbocycles. The molecule has 0 saturated carbocycles. The second-order valence-electron chi connectivity index (χ2n) is 6.63. The molecule has 138 valence electrons. The monoisotopic (exact) mass is 349 g/mol. The number of benzene rings is 1. The summed E-state index contributed by atoms with van der Waals surface area (Å²) in [6.07, 6.45) is 1.65. The number of piperazine rings is 1. The van der Waals surface area contributed by atoms with E-state index < -0.39 is 0 Å². The number of rotatable bonds is 7. The predicted octanol–water partition coefficient (Wildman–Crippen LogP) is 1.82. The third kappa shape index (κ3) is 6.12. The second-order valence-corrected chi connectivity index (χ2v) is 6.63. The van der Waals surface area contributed by atoms with Crippen LogP contribution in [0.5, 0.6) is 0 Å². The van der Waals surface area contributed by atoms with Gasteiger partial charge in [0.05, 0.1) is 6.54 Å². The zero-order chi connectivity index (χ0) is 18.2. The summed E-state index contributed by atoms with van der Waals surface area (Å²) >= 11 is 0. The first-order chi connectivity index (χ1) is 12.0. The van der Waals surface area contributed by atoms with Gasteiger partial charge in [-0.2, -0.15) is 0 Å². The Balaban J connectivity index is 1.71. The van der Waals surface area contributed by atoms with Gasteiger partial charge in [0.1, 0.15) is 5.82 Å². The number of nitrogens with zero attached hydrogens (tertiary/aromatic N) is 2. The number of carbonyl (C=O) groups excluding carboxylic acids is 2. The van der Waals surface area contributed by atoms with E-state index in [9.17, 15) is 14.0 Å². The van der Waals surface area contributed by atoms with Crippen molar-refractivity contribution in [3.63, 3.8) is 0 Å². The zero-order valence-electron chi connectivity index (χ0n) is 15.1. The van der Waals surface area contributed by atoms with Crippen LogP contribution in [0.25, 0.3) is 0 Å². The van der Waals surface area contributed by atoms with Crippen LogP contribution in [-0.4, -0.2) is 60.4 Å². The normalized spacial score (nSPS) is 16.5. The van der Waals surface area contributed by atoms with Crippen molar-refractivity contribution in [2.75, 3.05) is 32.7 Å². The molecule has 1 N–H and O–H groups in total. The van der Waals surface area contributed by atoms with Gasteiger partial charge in [0.2, 0.25) is 11.8 Å². The van der Waals surface area contributed by atoms with Gasteiger partial charge in [-0.25, -0.2) is 4.39 Å². The maximum Gasteiger partial charge on any atom is 0.234 e. The van der Waals surface area contributed by atoms with Crippen LogP contribution >= 0.6 is 0 Å². The van der Waals surface area contributed by atoms with Crippen LogP contribution in [0.1, 0.15) is 32.3 Å². The fourth-order valence-electron chi connectivity index (χ4n) is 2.88. The minimum atomic E-state index is -0.257. The smallest absolute Gasteiger partial charge is 0.234 e. The van der Waals surface area contributed by atoms with Crippen molar-refractivity contribution in [3.8, 4) is 0 Å². The first kappa shape index (κ1) is 19.4. The summed E-state index contributed by atoms with van der Waals surface area (Å²) < 4.78 is 13.6. The number of hydrogen-bond acceptors (Lipinski definition) is 3. The van der Waals surface area contributed by atoms with Crippen LogP contribution in [0.2, 0.25) is 0 Å². The summed E-state index contributed by atoms with van der Waals surface area (Å²) in [7, 11) is 0. The highest BCUT2D eigenvalue weighted by Gasteiger charge is 2.22. The third-order valence-corrected chi connectivity index (χ3v) is 4.68. The lowest BCUT2D eigenvalue weighted by molar-refractivity contribution is -0.133. The molecular formula is C19H28FN3O2. The standard InChI is InChI=1S/C19H28FN3O2/c1-3-15(2)21-18(24)14-22-10-12-23(13-11-22)19(25)9-8-16-6-4-5-7-17(16)20/h4-7,15H,3,8-14H2,1-2H3,(H,21,24). The van der Waals surface area contributed by atoms with E-state index in [0.717, 1.165) is 6.42 Å². The van der Waals surface area contributed by atoms with E-state index in [1.807, 2.05) is 18.7 Å². The van der Waals surface area contributed by atoms with Crippen LogP contribution in [0.3, 0.4) is 0 Å². The highest BCUT2D eigenvalue weighted by molar-refractivity contribution is 5.78. The zero-order valence-corrected chi connectivity index (χ0v) is 15.1. The summed E-state index contributed by atoms with van der Waals surface area (Å²) in [5, 5.41) is 2.96. The average molecular weight is 349 g/mol. The molecule has 5 nitrogen and oxygen atoms in total. The molecule has 6 heteroatoms. The molecule has 1 aromatic rings. The highest BCUT2D eigenvalue weighted by Crippen LogP contribution is 2.11. The SMILES string of the molecule is CCC(C)NC(=O)CN1CCN(C(=O)CCc2ccccc2F)CC1. The molecule has 0 aromatic heterocycles. The molecule has 1 aliphatic heterocycles. The number of halogens is 1.